The SMILES string of the molecule is CCC(CC)CN(CC)C(=O)N1CCOCC1C(=O)O. The minimum absolute atomic E-state index is 0.0730. The van der Waals surface area contributed by atoms with Crippen molar-refractivity contribution in [3.63, 3.8) is 0 Å². The quantitative estimate of drug-likeness (QED) is 0.806. The van der Waals surface area contributed by atoms with E-state index in [1.165, 1.54) is 4.90 Å². The summed E-state index contributed by atoms with van der Waals surface area (Å²) in [7, 11) is 0. The molecule has 0 aromatic heterocycles. The number of nitrogens with zero attached hydrogens (tertiary/aromatic N) is 2. The highest BCUT2D eigenvalue weighted by molar-refractivity contribution is 5.83. The Bertz CT molecular complexity index is 331. The molecule has 0 aromatic carbocycles. The first kappa shape index (κ1) is 16.8. The largest absolute Gasteiger partial charge is 0.480 e. The van der Waals surface area contributed by atoms with Gasteiger partial charge in [-0.2, -0.15) is 0 Å². The maximum absolute atomic E-state index is 12.5. The smallest absolute Gasteiger partial charge is 0.328 e. The average Bonchev–Trinajstić information content (AvgIpc) is 2.48. The van der Waals surface area contributed by atoms with Crippen molar-refractivity contribution in [3.8, 4) is 0 Å². The summed E-state index contributed by atoms with van der Waals surface area (Å²) < 4.78 is 5.17. The van der Waals surface area contributed by atoms with Gasteiger partial charge in [0.1, 0.15) is 0 Å². The summed E-state index contributed by atoms with van der Waals surface area (Å²) >= 11 is 0. The van der Waals surface area contributed by atoms with Gasteiger partial charge in [0.2, 0.25) is 0 Å². The Morgan fingerprint density at radius 3 is 2.50 bits per heavy atom. The molecule has 6 heteroatoms. The molecule has 1 heterocycles. The van der Waals surface area contributed by atoms with E-state index in [0.717, 1.165) is 12.8 Å². The first-order valence-corrected chi connectivity index (χ1v) is 7.41. The summed E-state index contributed by atoms with van der Waals surface area (Å²) in [6, 6.07) is -1.05. The van der Waals surface area contributed by atoms with Gasteiger partial charge in [-0.1, -0.05) is 26.7 Å². The Labute approximate surface area is 120 Å². The highest BCUT2D eigenvalue weighted by Crippen LogP contribution is 2.15. The van der Waals surface area contributed by atoms with E-state index < -0.39 is 12.0 Å². The molecule has 0 bridgehead atoms. The van der Waals surface area contributed by atoms with Crippen LogP contribution < -0.4 is 0 Å². The molecule has 1 fully saturated rings. The van der Waals surface area contributed by atoms with E-state index >= 15 is 0 Å². The Hall–Kier alpha value is -1.30. The lowest BCUT2D eigenvalue weighted by Crippen LogP contribution is -2.57. The van der Waals surface area contributed by atoms with Crippen molar-refractivity contribution in [3.05, 3.63) is 0 Å². The standard InChI is InChI=1S/C14H26N2O4/c1-4-11(5-2)9-15(6-3)14(19)16-7-8-20-10-12(16)13(17)18/h11-12H,4-10H2,1-3H3,(H,17,18). The van der Waals surface area contributed by atoms with E-state index in [9.17, 15) is 14.7 Å². The number of hydrogen-bond donors (Lipinski definition) is 1. The van der Waals surface area contributed by atoms with Crippen LogP contribution in [0.25, 0.3) is 0 Å². The lowest BCUT2D eigenvalue weighted by molar-refractivity contribution is -0.147. The molecule has 1 unspecified atom stereocenters. The molecule has 1 aliphatic heterocycles. The average molecular weight is 286 g/mol. The van der Waals surface area contributed by atoms with Crippen LogP contribution in [0.1, 0.15) is 33.6 Å². The number of ether oxygens (including phenoxy) is 1. The van der Waals surface area contributed by atoms with Gasteiger partial charge >= 0.3 is 12.0 Å². The van der Waals surface area contributed by atoms with Crippen LogP contribution in [0.5, 0.6) is 0 Å². The minimum atomic E-state index is -1.00. The molecule has 2 amide bonds. The number of urea groups is 1. The van der Waals surface area contributed by atoms with Crippen LogP contribution in [-0.2, 0) is 9.53 Å². The van der Waals surface area contributed by atoms with E-state index in [1.54, 1.807) is 4.90 Å². The van der Waals surface area contributed by atoms with Crippen molar-refractivity contribution >= 4 is 12.0 Å². The first-order chi connectivity index (χ1) is 9.54. The molecule has 1 atom stereocenters. The summed E-state index contributed by atoms with van der Waals surface area (Å²) in [6.07, 6.45) is 2.04. The second kappa shape index (κ2) is 8.09. The molecule has 1 aliphatic rings. The van der Waals surface area contributed by atoms with Crippen LogP contribution in [0.4, 0.5) is 4.79 Å². The fourth-order valence-corrected chi connectivity index (χ4v) is 2.42. The molecule has 0 aliphatic carbocycles. The molecule has 0 aromatic rings. The summed E-state index contributed by atoms with van der Waals surface area (Å²) in [4.78, 5) is 26.9. The van der Waals surface area contributed by atoms with Gasteiger partial charge in [0, 0.05) is 19.6 Å². The minimum Gasteiger partial charge on any atom is -0.480 e. The summed E-state index contributed by atoms with van der Waals surface area (Å²) in [6.45, 7) is 8.25. The number of carboxylic acids is 1. The number of carbonyl (C=O) groups is 2. The Kier molecular flexibility index (Phi) is 6.78. The van der Waals surface area contributed by atoms with Crippen molar-refractivity contribution in [2.45, 2.75) is 39.7 Å². The van der Waals surface area contributed by atoms with Gasteiger partial charge < -0.3 is 19.6 Å². The second-order valence-electron chi connectivity index (χ2n) is 5.13. The number of amides is 2. The third-order valence-electron chi connectivity index (χ3n) is 3.94. The van der Waals surface area contributed by atoms with Crippen LogP contribution in [0.15, 0.2) is 0 Å². The second-order valence-corrected chi connectivity index (χ2v) is 5.13. The molecule has 116 valence electrons. The molecule has 0 spiro atoms. The number of carbonyl (C=O) groups excluding carboxylic acids is 1. The zero-order chi connectivity index (χ0) is 15.1. The van der Waals surface area contributed by atoms with Crippen molar-refractivity contribution in [1.29, 1.82) is 0 Å². The maximum Gasteiger partial charge on any atom is 0.328 e. The van der Waals surface area contributed by atoms with Crippen molar-refractivity contribution in [2.75, 3.05) is 32.8 Å². The summed E-state index contributed by atoms with van der Waals surface area (Å²) in [5.74, 6) is -0.542. The van der Waals surface area contributed by atoms with E-state index in [2.05, 4.69) is 13.8 Å². The molecule has 6 nitrogen and oxygen atoms in total. The third-order valence-corrected chi connectivity index (χ3v) is 3.94. The number of hydrogen-bond acceptors (Lipinski definition) is 3. The number of morpholine rings is 1. The molecular weight excluding hydrogens is 260 g/mol. The lowest BCUT2D eigenvalue weighted by Gasteiger charge is -2.37. The maximum atomic E-state index is 12.5. The van der Waals surface area contributed by atoms with Gasteiger partial charge in [0.05, 0.1) is 13.2 Å². The monoisotopic (exact) mass is 286 g/mol. The predicted octanol–water partition coefficient (Wildman–Crippen LogP) is 1.65. The molecule has 1 N–H and O–H groups in total. The fourth-order valence-electron chi connectivity index (χ4n) is 2.42. The van der Waals surface area contributed by atoms with Crippen molar-refractivity contribution in [2.24, 2.45) is 5.92 Å². The van der Waals surface area contributed by atoms with Gasteiger partial charge in [-0.25, -0.2) is 9.59 Å². The Morgan fingerprint density at radius 2 is 2.00 bits per heavy atom. The molecular formula is C14H26N2O4. The highest BCUT2D eigenvalue weighted by Gasteiger charge is 2.35. The van der Waals surface area contributed by atoms with Gasteiger partial charge in [-0.15, -0.1) is 0 Å². The Morgan fingerprint density at radius 1 is 1.35 bits per heavy atom. The summed E-state index contributed by atoms with van der Waals surface area (Å²) in [5.41, 5.74) is 0. The van der Waals surface area contributed by atoms with Crippen LogP contribution in [0.2, 0.25) is 0 Å². The fraction of sp³-hybridized carbons (Fsp3) is 0.857. The highest BCUT2D eigenvalue weighted by atomic mass is 16.5. The van der Waals surface area contributed by atoms with Gasteiger partial charge in [0.25, 0.3) is 0 Å². The van der Waals surface area contributed by atoms with Gasteiger partial charge in [-0.3, -0.25) is 0 Å². The van der Waals surface area contributed by atoms with E-state index in [0.29, 0.717) is 32.2 Å². The number of aliphatic carboxylic acids is 1. The molecule has 1 saturated heterocycles. The number of carboxylic acid groups (broad SMARTS) is 1. The molecule has 20 heavy (non-hydrogen) atoms. The normalized spacial score (nSPS) is 19.2. The first-order valence-electron chi connectivity index (χ1n) is 7.41. The van der Waals surface area contributed by atoms with Crippen LogP contribution in [-0.4, -0.2) is 65.8 Å². The van der Waals surface area contributed by atoms with Gasteiger partial charge in [0.15, 0.2) is 6.04 Å². The van der Waals surface area contributed by atoms with E-state index in [-0.39, 0.29) is 12.6 Å². The predicted molar refractivity (Wildman–Crippen MR) is 75.7 cm³/mol. The number of rotatable bonds is 6. The van der Waals surface area contributed by atoms with Crippen molar-refractivity contribution in [1.82, 2.24) is 9.80 Å². The third kappa shape index (κ3) is 4.10. The van der Waals surface area contributed by atoms with Crippen LogP contribution >= 0.6 is 0 Å². The lowest BCUT2D eigenvalue weighted by atomic mass is 10.0. The zero-order valence-electron chi connectivity index (χ0n) is 12.7. The Balaban J connectivity index is 2.75. The van der Waals surface area contributed by atoms with Crippen molar-refractivity contribution < 1.29 is 19.4 Å². The van der Waals surface area contributed by atoms with E-state index in [4.69, 9.17) is 4.74 Å². The molecule has 1 rings (SSSR count). The van der Waals surface area contributed by atoms with Crippen LogP contribution in [0.3, 0.4) is 0 Å². The van der Waals surface area contributed by atoms with E-state index in [1.807, 2.05) is 6.92 Å². The summed E-state index contributed by atoms with van der Waals surface area (Å²) in [5, 5.41) is 9.19. The topological polar surface area (TPSA) is 70.1 Å². The zero-order valence-corrected chi connectivity index (χ0v) is 12.7. The van der Waals surface area contributed by atoms with Crippen LogP contribution in [0, 0.1) is 5.92 Å². The van der Waals surface area contributed by atoms with Gasteiger partial charge in [-0.05, 0) is 12.8 Å². The molecule has 0 saturated carbocycles. The molecule has 0 radical (unpaired) electrons.